The van der Waals surface area contributed by atoms with Crippen LogP contribution in [0.3, 0.4) is 0 Å². The Morgan fingerprint density at radius 2 is 1.29 bits per heavy atom. The van der Waals surface area contributed by atoms with Gasteiger partial charge in [-0.2, -0.15) is 0 Å². The molecule has 34 heavy (non-hydrogen) atoms. The summed E-state index contributed by atoms with van der Waals surface area (Å²) in [5.41, 5.74) is 3.23. The lowest BCUT2D eigenvalue weighted by atomic mass is 10.0. The van der Waals surface area contributed by atoms with Crippen LogP contribution in [-0.2, 0) is 4.79 Å². The maximum atomic E-state index is 12.8. The van der Waals surface area contributed by atoms with Crippen molar-refractivity contribution in [3.8, 4) is 11.5 Å². The Kier molecular flexibility index (Phi) is 7.35. The summed E-state index contributed by atoms with van der Waals surface area (Å²) in [6.45, 7) is 2.02. The smallest absolute Gasteiger partial charge is 0.251 e. The van der Waals surface area contributed by atoms with Gasteiger partial charge in [0.05, 0.1) is 12.5 Å². The lowest BCUT2D eigenvalue weighted by molar-refractivity contribution is -0.116. The van der Waals surface area contributed by atoms with E-state index in [-0.39, 0.29) is 18.2 Å². The third-order valence-corrected chi connectivity index (χ3v) is 5.33. The molecule has 4 rings (SSSR count). The van der Waals surface area contributed by atoms with Crippen molar-refractivity contribution in [2.24, 2.45) is 0 Å². The maximum absolute atomic E-state index is 12.8. The van der Waals surface area contributed by atoms with Crippen molar-refractivity contribution in [3.63, 3.8) is 0 Å². The second-order valence-electron chi connectivity index (χ2n) is 7.99. The fraction of sp³-hybridized carbons (Fsp3) is 0.103. The molecule has 0 aliphatic rings. The van der Waals surface area contributed by atoms with Crippen LogP contribution in [0, 0.1) is 6.92 Å². The minimum atomic E-state index is -0.460. The molecule has 0 heterocycles. The summed E-state index contributed by atoms with van der Waals surface area (Å²) in [5, 5.41) is 5.89. The number of anilines is 1. The van der Waals surface area contributed by atoms with Gasteiger partial charge < -0.3 is 15.4 Å². The Labute approximate surface area is 199 Å². The maximum Gasteiger partial charge on any atom is 0.251 e. The van der Waals surface area contributed by atoms with E-state index in [1.807, 2.05) is 79.7 Å². The van der Waals surface area contributed by atoms with E-state index in [1.54, 1.807) is 36.4 Å². The van der Waals surface area contributed by atoms with E-state index in [2.05, 4.69) is 10.6 Å². The molecular formula is C29H26N2O3. The topological polar surface area (TPSA) is 67.4 Å². The molecule has 170 valence electrons. The molecule has 0 fully saturated rings. The predicted octanol–water partition coefficient (Wildman–Crippen LogP) is 6.29. The minimum absolute atomic E-state index is 0.101. The molecule has 2 N–H and O–H groups in total. The number of nitrogens with one attached hydrogen (secondary N) is 2. The van der Waals surface area contributed by atoms with E-state index in [1.165, 1.54) is 5.56 Å². The molecule has 4 aromatic rings. The number of hydrogen-bond acceptors (Lipinski definition) is 3. The van der Waals surface area contributed by atoms with Crippen LogP contribution in [0.4, 0.5) is 5.69 Å². The fourth-order valence-electron chi connectivity index (χ4n) is 3.51. The van der Waals surface area contributed by atoms with Gasteiger partial charge in [0.2, 0.25) is 5.91 Å². The number of carbonyl (C=O) groups excluding carboxylic acids is 2. The first-order chi connectivity index (χ1) is 16.6. The highest BCUT2D eigenvalue weighted by atomic mass is 16.5. The highest BCUT2D eigenvalue weighted by Crippen LogP contribution is 2.24. The monoisotopic (exact) mass is 450 g/mol. The standard InChI is InChI=1S/C29H26N2O3/c1-21-12-16-25(17-13-21)34-26-18-14-24(15-19-26)30-28(32)20-27(22-8-4-2-5-9-22)31-29(33)23-10-6-3-7-11-23/h2-19,27H,20H2,1H3,(H,30,32)(H,31,33)/t27-/m1/s1. The van der Waals surface area contributed by atoms with Gasteiger partial charge >= 0.3 is 0 Å². The summed E-state index contributed by atoms with van der Waals surface area (Å²) in [4.78, 5) is 25.5. The van der Waals surface area contributed by atoms with Gasteiger partial charge in [0, 0.05) is 11.3 Å². The van der Waals surface area contributed by atoms with Crippen LogP contribution in [-0.4, -0.2) is 11.8 Å². The normalized spacial score (nSPS) is 11.3. The van der Waals surface area contributed by atoms with E-state index in [0.717, 1.165) is 11.3 Å². The van der Waals surface area contributed by atoms with Crippen molar-refractivity contribution in [1.29, 1.82) is 0 Å². The summed E-state index contributed by atoms with van der Waals surface area (Å²) >= 11 is 0. The number of ether oxygens (including phenoxy) is 1. The van der Waals surface area contributed by atoms with Crippen LogP contribution in [0.15, 0.2) is 109 Å². The molecule has 4 aromatic carbocycles. The van der Waals surface area contributed by atoms with Crippen LogP contribution < -0.4 is 15.4 Å². The number of rotatable bonds is 8. The van der Waals surface area contributed by atoms with Crippen LogP contribution in [0.5, 0.6) is 11.5 Å². The summed E-state index contributed by atoms with van der Waals surface area (Å²) in [7, 11) is 0. The van der Waals surface area contributed by atoms with Crippen molar-refractivity contribution in [3.05, 3.63) is 126 Å². The highest BCUT2D eigenvalue weighted by Gasteiger charge is 2.19. The van der Waals surface area contributed by atoms with Gasteiger partial charge in [-0.05, 0) is 61.0 Å². The Hall–Kier alpha value is -4.38. The van der Waals surface area contributed by atoms with Crippen LogP contribution in [0.1, 0.15) is 33.9 Å². The number of aryl methyl sites for hydroxylation is 1. The average molecular weight is 451 g/mol. The van der Waals surface area contributed by atoms with Crippen LogP contribution in [0.2, 0.25) is 0 Å². The van der Waals surface area contributed by atoms with Gasteiger partial charge in [0.25, 0.3) is 5.91 Å². The third-order valence-electron chi connectivity index (χ3n) is 5.33. The first kappa shape index (κ1) is 22.8. The summed E-state index contributed by atoms with van der Waals surface area (Å²) in [5.74, 6) is 1.01. The number of carbonyl (C=O) groups is 2. The Bertz CT molecular complexity index is 1220. The Morgan fingerprint density at radius 3 is 1.91 bits per heavy atom. The van der Waals surface area contributed by atoms with E-state index in [9.17, 15) is 9.59 Å². The van der Waals surface area contributed by atoms with Gasteiger partial charge in [-0.25, -0.2) is 0 Å². The van der Waals surface area contributed by atoms with E-state index >= 15 is 0 Å². The SMILES string of the molecule is Cc1ccc(Oc2ccc(NC(=O)C[C@@H](NC(=O)c3ccccc3)c3ccccc3)cc2)cc1. The van der Waals surface area contributed by atoms with Crippen molar-refractivity contribution in [2.45, 2.75) is 19.4 Å². The fourth-order valence-corrected chi connectivity index (χ4v) is 3.51. The van der Waals surface area contributed by atoms with Crippen molar-refractivity contribution in [2.75, 3.05) is 5.32 Å². The lowest BCUT2D eigenvalue weighted by Gasteiger charge is -2.19. The first-order valence-corrected chi connectivity index (χ1v) is 11.1. The van der Waals surface area contributed by atoms with Gasteiger partial charge in [0.15, 0.2) is 0 Å². The molecule has 0 aromatic heterocycles. The van der Waals surface area contributed by atoms with Crippen molar-refractivity contribution < 1.29 is 14.3 Å². The lowest BCUT2D eigenvalue weighted by Crippen LogP contribution is -2.31. The molecule has 0 unspecified atom stereocenters. The first-order valence-electron chi connectivity index (χ1n) is 11.1. The van der Waals surface area contributed by atoms with Crippen LogP contribution >= 0.6 is 0 Å². The zero-order chi connectivity index (χ0) is 23.8. The third kappa shape index (κ3) is 6.33. The van der Waals surface area contributed by atoms with Gasteiger partial charge in [0.1, 0.15) is 11.5 Å². The molecule has 0 bridgehead atoms. The number of hydrogen-bond donors (Lipinski definition) is 2. The second kappa shape index (κ2) is 11.0. The molecule has 0 saturated carbocycles. The zero-order valence-electron chi connectivity index (χ0n) is 18.9. The van der Waals surface area contributed by atoms with Gasteiger partial charge in [-0.15, -0.1) is 0 Å². The predicted molar refractivity (Wildman–Crippen MR) is 134 cm³/mol. The molecule has 5 heteroatoms. The zero-order valence-corrected chi connectivity index (χ0v) is 18.9. The molecule has 5 nitrogen and oxygen atoms in total. The van der Waals surface area contributed by atoms with E-state index in [0.29, 0.717) is 17.0 Å². The van der Waals surface area contributed by atoms with Crippen molar-refractivity contribution in [1.82, 2.24) is 5.32 Å². The molecular weight excluding hydrogens is 424 g/mol. The average Bonchev–Trinajstić information content (AvgIpc) is 2.87. The summed E-state index contributed by atoms with van der Waals surface area (Å²) in [6.07, 6.45) is 0.101. The molecule has 1 atom stereocenters. The van der Waals surface area contributed by atoms with E-state index < -0.39 is 6.04 Å². The quantitative estimate of drug-likeness (QED) is 0.332. The highest BCUT2D eigenvalue weighted by molar-refractivity contribution is 5.95. The summed E-state index contributed by atoms with van der Waals surface area (Å²) in [6, 6.07) is 33.0. The van der Waals surface area contributed by atoms with Gasteiger partial charge in [-0.1, -0.05) is 66.2 Å². The molecule has 0 radical (unpaired) electrons. The number of amides is 2. The largest absolute Gasteiger partial charge is 0.457 e. The Balaban J connectivity index is 1.40. The van der Waals surface area contributed by atoms with Gasteiger partial charge in [-0.3, -0.25) is 9.59 Å². The van der Waals surface area contributed by atoms with Crippen molar-refractivity contribution >= 4 is 17.5 Å². The second-order valence-corrected chi connectivity index (χ2v) is 7.99. The number of benzene rings is 4. The molecule has 0 aliphatic carbocycles. The van der Waals surface area contributed by atoms with E-state index in [4.69, 9.17) is 4.74 Å². The molecule has 0 saturated heterocycles. The Morgan fingerprint density at radius 1 is 0.735 bits per heavy atom. The summed E-state index contributed by atoms with van der Waals surface area (Å²) < 4.78 is 5.84. The molecule has 2 amide bonds. The molecule has 0 aliphatic heterocycles. The molecule has 0 spiro atoms. The minimum Gasteiger partial charge on any atom is -0.457 e. The van der Waals surface area contributed by atoms with Crippen LogP contribution in [0.25, 0.3) is 0 Å².